The van der Waals surface area contributed by atoms with E-state index in [2.05, 4.69) is 5.32 Å². The van der Waals surface area contributed by atoms with Crippen molar-refractivity contribution in [2.75, 3.05) is 45.9 Å². The Balaban J connectivity index is 1.71. The van der Waals surface area contributed by atoms with Crippen LogP contribution in [-0.4, -0.2) is 75.5 Å². The van der Waals surface area contributed by atoms with Gasteiger partial charge in [0, 0.05) is 52.3 Å². The van der Waals surface area contributed by atoms with Crippen molar-refractivity contribution in [2.45, 2.75) is 37.2 Å². The van der Waals surface area contributed by atoms with Crippen LogP contribution in [0.15, 0.2) is 29.2 Å². The molecule has 2 aliphatic rings. The molecule has 0 saturated carbocycles. The molecule has 3 rings (SSSR count). The van der Waals surface area contributed by atoms with E-state index < -0.39 is 10.0 Å². The first-order chi connectivity index (χ1) is 13.0. The fraction of sp³-hybridized carbons (Fsp3) is 0.632. The molecule has 1 atom stereocenters. The van der Waals surface area contributed by atoms with Gasteiger partial charge in [-0.05, 0) is 31.9 Å². The largest absolute Gasteiger partial charge is 0.377 e. The number of carbonyl (C=O) groups is 1. The molecule has 2 fully saturated rings. The number of rotatable bonds is 7. The van der Waals surface area contributed by atoms with E-state index in [1.807, 2.05) is 6.92 Å². The molecule has 0 spiro atoms. The molecule has 7 nitrogen and oxygen atoms in total. The second kappa shape index (κ2) is 9.14. The predicted octanol–water partition coefficient (Wildman–Crippen LogP) is 0.987. The molecule has 0 aromatic heterocycles. The number of hydrogen-bond acceptors (Lipinski definition) is 5. The Morgan fingerprint density at radius 3 is 2.59 bits per heavy atom. The van der Waals surface area contributed by atoms with E-state index in [4.69, 9.17) is 4.74 Å². The SMILES string of the molecule is Cc1ccc(S(=O)(=O)N(CCC(=O)N2CCNCC2)CC2CCCO2)cc1. The molecule has 1 N–H and O–H groups in total. The summed E-state index contributed by atoms with van der Waals surface area (Å²) in [6.45, 7) is 5.99. The van der Waals surface area contributed by atoms with Gasteiger partial charge in [-0.1, -0.05) is 17.7 Å². The van der Waals surface area contributed by atoms with Crippen LogP contribution in [0.4, 0.5) is 0 Å². The Morgan fingerprint density at radius 2 is 1.96 bits per heavy atom. The van der Waals surface area contributed by atoms with E-state index in [-0.39, 0.29) is 29.9 Å². The quantitative estimate of drug-likeness (QED) is 0.745. The maximum atomic E-state index is 13.2. The first kappa shape index (κ1) is 20.3. The molecule has 27 heavy (non-hydrogen) atoms. The summed E-state index contributed by atoms with van der Waals surface area (Å²) < 4.78 is 33.4. The van der Waals surface area contributed by atoms with Crippen molar-refractivity contribution >= 4 is 15.9 Å². The molecule has 1 amide bonds. The van der Waals surface area contributed by atoms with Crippen molar-refractivity contribution in [1.82, 2.24) is 14.5 Å². The Kier molecular flexibility index (Phi) is 6.86. The topological polar surface area (TPSA) is 79.0 Å². The minimum absolute atomic E-state index is 0.00736. The number of carbonyl (C=O) groups excluding carboxylic acids is 1. The summed E-state index contributed by atoms with van der Waals surface area (Å²) >= 11 is 0. The highest BCUT2D eigenvalue weighted by molar-refractivity contribution is 7.89. The zero-order chi connectivity index (χ0) is 19.3. The lowest BCUT2D eigenvalue weighted by molar-refractivity contribution is -0.131. The summed E-state index contributed by atoms with van der Waals surface area (Å²) in [5.41, 5.74) is 1.01. The van der Waals surface area contributed by atoms with Gasteiger partial charge >= 0.3 is 0 Å². The van der Waals surface area contributed by atoms with Crippen LogP contribution >= 0.6 is 0 Å². The Labute approximate surface area is 161 Å². The number of aryl methyl sites for hydroxylation is 1. The van der Waals surface area contributed by atoms with E-state index in [0.29, 0.717) is 26.2 Å². The number of benzene rings is 1. The van der Waals surface area contributed by atoms with Crippen molar-refractivity contribution in [3.05, 3.63) is 29.8 Å². The van der Waals surface area contributed by atoms with Crippen molar-refractivity contribution < 1.29 is 17.9 Å². The van der Waals surface area contributed by atoms with Crippen LogP contribution in [0.25, 0.3) is 0 Å². The van der Waals surface area contributed by atoms with Gasteiger partial charge in [-0.15, -0.1) is 0 Å². The van der Waals surface area contributed by atoms with Gasteiger partial charge in [0.15, 0.2) is 0 Å². The monoisotopic (exact) mass is 395 g/mol. The van der Waals surface area contributed by atoms with Gasteiger partial charge in [0.25, 0.3) is 0 Å². The lowest BCUT2D eigenvalue weighted by Crippen LogP contribution is -2.47. The molecule has 1 unspecified atom stereocenters. The molecule has 1 aromatic rings. The highest BCUT2D eigenvalue weighted by Gasteiger charge is 2.30. The van der Waals surface area contributed by atoms with E-state index in [1.54, 1.807) is 29.2 Å². The van der Waals surface area contributed by atoms with Crippen molar-refractivity contribution in [3.8, 4) is 0 Å². The summed E-state index contributed by atoms with van der Waals surface area (Å²) in [5.74, 6) is 0.00736. The van der Waals surface area contributed by atoms with E-state index in [1.165, 1.54) is 4.31 Å². The number of nitrogens with one attached hydrogen (secondary N) is 1. The predicted molar refractivity (Wildman–Crippen MR) is 103 cm³/mol. The first-order valence-corrected chi connectivity index (χ1v) is 11.1. The normalized spacial score (nSPS) is 21.0. The van der Waals surface area contributed by atoms with E-state index in [9.17, 15) is 13.2 Å². The van der Waals surface area contributed by atoms with Gasteiger partial charge in [0.05, 0.1) is 11.0 Å². The minimum atomic E-state index is -3.66. The van der Waals surface area contributed by atoms with Gasteiger partial charge in [-0.2, -0.15) is 4.31 Å². The van der Waals surface area contributed by atoms with Gasteiger partial charge in [0.1, 0.15) is 0 Å². The number of sulfonamides is 1. The summed E-state index contributed by atoms with van der Waals surface area (Å²) in [6, 6.07) is 6.85. The molecule has 2 saturated heterocycles. The lowest BCUT2D eigenvalue weighted by Gasteiger charge is -2.29. The van der Waals surface area contributed by atoms with Crippen molar-refractivity contribution in [3.63, 3.8) is 0 Å². The molecule has 0 bridgehead atoms. The van der Waals surface area contributed by atoms with Gasteiger partial charge in [0.2, 0.25) is 15.9 Å². The number of amides is 1. The second-order valence-electron chi connectivity index (χ2n) is 7.19. The molecule has 0 radical (unpaired) electrons. The smallest absolute Gasteiger partial charge is 0.243 e. The third-order valence-electron chi connectivity index (χ3n) is 5.13. The molecular weight excluding hydrogens is 366 g/mol. The summed E-state index contributed by atoms with van der Waals surface area (Å²) in [7, 11) is -3.66. The van der Waals surface area contributed by atoms with Gasteiger partial charge < -0.3 is 15.0 Å². The summed E-state index contributed by atoms with van der Waals surface area (Å²) in [4.78, 5) is 14.6. The third kappa shape index (κ3) is 5.28. The number of nitrogens with zero attached hydrogens (tertiary/aromatic N) is 2. The van der Waals surface area contributed by atoms with Crippen LogP contribution < -0.4 is 5.32 Å². The Hall–Kier alpha value is -1.48. The second-order valence-corrected chi connectivity index (χ2v) is 9.13. The molecular formula is C19H29N3O4S. The number of hydrogen-bond donors (Lipinski definition) is 1. The van der Waals surface area contributed by atoms with Gasteiger partial charge in [-0.25, -0.2) is 8.42 Å². The van der Waals surface area contributed by atoms with Crippen LogP contribution in [-0.2, 0) is 19.6 Å². The third-order valence-corrected chi connectivity index (χ3v) is 7.01. The molecule has 2 heterocycles. The number of ether oxygens (including phenoxy) is 1. The summed E-state index contributed by atoms with van der Waals surface area (Å²) in [6.07, 6.45) is 1.89. The molecule has 8 heteroatoms. The average Bonchev–Trinajstić information content (AvgIpc) is 3.19. The highest BCUT2D eigenvalue weighted by atomic mass is 32.2. The zero-order valence-corrected chi connectivity index (χ0v) is 16.7. The minimum Gasteiger partial charge on any atom is -0.377 e. The lowest BCUT2D eigenvalue weighted by atomic mass is 10.2. The fourth-order valence-corrected chi connectivity index (χ4v) is 4.95. The zero-order valence-electron chi connectivity index (χ0n) is 15.9. The fourth-order valence-electron chi connectivity index (χ4n) is 3.48. The van der Waals surface area contributed by atoms with Gasteiger partial charge in [-0.3, -0.25) is 4.79 Å². The molecule has 0 aliphatic carbocycles. The Morgan fingerprint density at radius 1 is 1.26 bits per heavy atom. The van der Waals surface area contributed by atoms with Crippen LogP contribution in [0.5, 0.6) is 0 Å². The molecule has 150 valence electrons. The highest BCUT2D eigenvalue weighted by Crippen LogP contribution is 2.21. The van der Waals surface area contributed by atoms with Crippen LogP contribution in [0.3, 0.4) is 0 Å². The maximum Gasteiger partial charge on any atom is 0.243 e. The van der Waals surface area contributed by atoms with Crippen LogP contribution in [0, 0.1) is 6.92 Å². The Bertz CT molecular complexity index is 724. The van der Waals surface area contributed by atoms with Crippen molar-refractivity contribution in [1.29, 1.82) is 0 Å². The number of piperazine rings is 1. The average molecular weight is 396 g/mol. The first-order valence-electron chi connectivity index (χ1n) is 9.64. The van der Waals surface area contributed by atoms with E-state index in [0.717, 1.165) is 31.5 Å². The van der Waals surface area contributed by atoms with Crippen LogP contribution in [0.1, 0.15) is 24.8 Å². The standard InChI is InChI=1S/C19H29N3O4S/c1-16-4-6-18(7-5-16)27(24,25)22(15-17-3-2-14-26-17)11-8-19(23)21-12-9-20-10-13-21/h4-7,17,20H,2-3,8-15H2,1H3. The molecule has 1 aromatic carbocycles. The maximum absolute atomic E-state index is 13.2. The van der Waals surface area contributed by atoms with Crippen LogP contribution in [0.2, 0.25) is 0 Å². The summed E-state index contributed by atoms with van der Waals surface area (Å²) in [5, 5.41) is 3.22. The van der Waals surface area contributed by atoms with Crippen molar-refractivity contribution in [2.24, 2.45) is 0 Å². The molecule has 2 aliphatic heterocycles. The van der Waals surface area contributed by atoms with E-state index >= 15 is 0 Å².